The molecule has 4 rings (SSSR count). The Bertz CT molecular complexity index is 914. The topological polar surface area (TPSA) is 69.6 Å². The highest BCUT2D eigenvalue weighted by atomic mass is 35.5. The van der Waals surface area contributed by atoms with E-state index in [1.54, 1.807) is 24.3 Å². The summed E-state index contributed by atoms with van der Waals surface area (Å²) >= 11 is 6.11. The summed E-state index contributed by atoms with van der Waals surface area (Å²) in [6.07, 6.45) is 3.16. The van der Waals surface area contributed by atoms with Crippen LogP contribution in [0.5, 0.6) is 0 Å². The Kier molecular flexibility index (Phi) is 4.66. The molecule has 2 N–H and O–H groups in total. The molecular weight excluding hydrogens is 364 g/mol. The zero-order valence-electron chi connectivity index (χ0n) is 14.9. The summed E-state index contributed by atoms with van der Waals surface area (Å²) in [6, 6.07) is 12.6. The maximum Gasteiger partial charge on any atom is 0.277 e. The van der Waals surface area contributed by atoms with Crippen molar-refractivity contribution in [2.45, 2.75) is 32.2 Å². The van der Waals surface area contributed by atoms with Gasteiger partial charge in [-0.3, -0.25) is 14.8 Å². The van der Waals surface area contributed by atoms with E-state index in [1.165, 1.54) is 5.56 Å². The van der Waals surface area contributed by atoms with Gasteiger partial charge in [-0.1, -0.05) is 35.9 Å². The largest absolute Gasteiger partial charge is 0.356 e. The van der Waals surface area contributed by atoms with Gasteiger partial charge in [-0.15, -0.1) is 0 Å². The first kappa shape index (κ1) is 18.0. The standard InChI is InChI=1S/C21H21ClN2O3/c22-18-4-2-1-3-16(18)13-24(27)19(25)15-6-5-14-7-8-21(12-17(14)11-15)9-10-23-20(21)26/h1-6,11,27H,7-10,12-13H2,(H,23,26)/t21-/m1/s1. The molecule has 6 heteroatoms. The number of rotatable bonds is 3. The van der Waals surface area contributed by atoms with Crippen LogP contribution in [0.2, 0.25) is 5.02 Å². The minimum absolute atomic E-state index is 0.0158. The third kappa shape index (κ3) is 3.33. The Hall–Kier alpha value is -2.37. The van der Waals surface area contributed by atoms with Crippen LogP contribution < -0.4 is 5.32 Å². The van der Waals surface area contributed by atoms with Crippen molar-refractivity contribution in [3.8, 4) is 0 Å². The monoisotopic (exact) mass is 384 g/mol. The molecule has 2 aromatic carbocycles. The quantitative estimate of drug-likeness (QED) is 0.629. The molecule has 2 aromatic rings. The van der Waals surface area contributed by atoms with E-state index in [0.29, 0.717) is 27.6 Å². The predicted octanol–water partition coefficient (Wildman–Crippen LogP) is 3.37. The number of benzene rings is 2. The lowest BCUT2D eigenvalue weighted by molar-refractivity contribution is -0.128. The van der Waals surface area contributed by atoms with Gasteiger partial charge in [0.05, 0.1) is 12.0 Å². The Morgan fingerprint density at radius 1 is 1.19 bits per heavy atom. The van der Waals surface area contributed by atoms with Crippen LogP contribution >= 0.6 is 11.6 Å². The molecule has 0 aromatic heterocycles. The number of nitrogens with one attached hydrogen (secondary N) is 1. The number of hydroxylamine groups is 2. The van der Waals surface area contributed by atoms with Crippen molar-refractivity contribution in [3.05, 3.63) is 69.7 Å². The molecule has 5 nitrogen and oxygen atoms in total. The minimum Gasteiger partial charge on any atom is -0.356 e. The summed E-state index contributed by atoms with van der Waals surface area (Å²) in [7, 11) is 0. The fourth-order valence-electron chi connectivity index (χ4n) is 4.13. The summed E-state index contributed by atoms with van der Waals surface area (Å²) in [5.41, 5.74) is 2.95. The summed E-state index contributed by atoms with van der Waals surface area (Å²) in [5, 5.41) is 14.4. The third-order valence-corrected chi connectivity index (χ3v) is 6.11. The van der Waals surface area contributed by atoms with Crippen molar-refractivity contribution in [1.29, 1.82) is 0 Å². The molecule has 1 spiro atoms. The molecule has 2 aliphatic rings. The number of hydrogen-bond donors (Lipinski definition) is 2. The summed E-state index contributed by atoms with van der Waals surface area (Å²) < 4.78 is 0. The number of amides is 2. The smallest absolute Gasteiger partial charge is 0.277 e. The van der Waals surface area contributed by atoms with Crippen LogP contribution in [-0.2, 0) is 24.2 Å². The molecule has 1 heterocycles. The van der Waals surface area contributed by atoms with Crippen molar-refractivity contribution >= 4 is 23.4 Å². The molecule has 1 saturated heterocycles. The Balaban J connectivity index is 1.55. The van der Waals surface area contributed by atoms with Gasteiger partial charge in [-0.2, -0.15) is 0 Å². The van der Waals surface area contributed by atoms with E-state index in [-0.39, 0.29) is 17.9 Å². The normalized spacial score (nSPS) is 21.0. The van der Waals surface area contributed by atoms with E-state index in [4.69, 9.17) is 11.6 Å². The number of carbonyl (C=O) groups excluding carboxylic acids is 2. The number of nitrogens with zero attached hydrogens (tertiary/aromatic N) is 1. The summed E-state index contributed by atoms with van der Waals surface area (Å²) in [5.74, 6) is -0.361. The number of halogens is 1. The van der Waals surface area contributed by atoms with Gasteiger partial charge in [-0.25, -0.2) is 5.06 Å². The van der Waals surface area contributed by atoms with Crippen molar-refractivity contribution < 1.29 is 14.8 Å². The van der Waals surface area contributed by atoms with Crippen LogP contribution in [0.4, 0.5) is 0 Å². The second-order valence-corrected chi connectivity index (χ2v) is 7.81. The fraction of sp³-hybridized carbons (Fsp3) is 0.333. The van der Waals surface area contributed by atoms with E-state index in [1.807, 2.05) is 18.2 Å². The van der Waals surface area contributed by atoms with Gasteiger partial charge >= 0.3 is 0 Å². The second kappa shape index (κ2) is 6.98. The third-order valence-electron chi connectivity index (χ3n) is 5.74. The molecule has 140 valence electrons. The summed E-state index contributed by atoms with van der Waals surface area (Å²) in [6.45, 7) is 0.733. The Morgan fingerprint density at radius 2 is 2.00 bits per heavy atom. The number of hydrogen-bond acceptors (Lipinski definition) is 3. The fourth-order valence-corrected chi connectivity index (χ4v) is 4.32. The Morgan fingerprint density at radius 3 is 2.74 bits per heavy atom. The van der Waals surface area contributed by atoms with Crippen LogP contribution in [-0.4, -0.2) is 28.6 Å². The van der Waals surface area contributed by atoms with Gasteiger partial charge in [-0.05, 0) is 60.6 Å². The molecule has 0 unspecified atom stereocenters. The maximum atomic E-state index is 12.7. The lowest BCUT2D eigenvalue weighted by Crippen LogP contribution is -2.36. The summed E-state index contributed by atoms with van der Waals surface area (Å²) in [4.78, 5) is 25.0. The van der Waals surface area contributed by atoms with E-state index in [2.05, 4.69) is 5.32 Å². The first-order chi connectivity index (χ1) is 13.0. The van der Waals surface area contributed by atoms with Crippen LogP contribution in [0.15, 0.2) is 42.5 Å². The van der Waals surface area contributed by atoms with Gasteiger partial charge in [0.1, 0.15) is 0 Å². The Labute approximate surface area is 162 Å². The molecule has 0 radical (unpaired) electrons. The van der Waals surface area contributed by atoms with E-state index in [9.17, 15) is 14.8 Å². The van der Waals surface area contributed by atoms with Gasteiger partial charge in [0.2, 0.25) is 5.91 Å². The zero-order chi connectivity index (χ0) is 19.0. The molecule has 0 bridgehead atoms. The molecule has 1 atom stereocenters. The van der Waals surface area contributed by atoms with Crippen molar-refractivity contribution in [1.82, 2.24) is 10.4 Å². The zero-order valence-corrected chi connectivity index (χ0v) is 15.6. The molecule has 2 amide bonds. The van der Waals surface area contributed by atoms with Crippen molar-refractivity contribution in [3.63, 3.8) is 0 Å². The van der Waals surface area contributed by atoms with Crippen LogP contribution in [0.3, 0.4) is 0 Å². The highest BCUT2D eigenvalue weighted by Gasteiger charge is 2.44. The van der Waals surface area contributed by atoms with Gasteiger partial charge < -0.3 is 5.32 Å². The number of carbonyl (C=O) groups is 2. The van der Waals surface area contributed by atoms with Gasteiger partial charge in [0.25, 0.3) is 5.91 Å². The van der Waals surface area contributed by atoms with E-state index in [0.717, 1.165) is 31.4 Å². The molecule has 27 heavy (non-hydrogen) atoms. The SMILES string of the molecule is O=C(c1ccc2c(c1)C[C@]1(CCNC1=O)CC2)N(O)Cc1ccccc1Cl. The highest BCUT2D eigenvalue weighted by Crippen LogP contribution is 2.41. The van der Waals surface area contributed by atoms with Crippen molar-refractivity contribution in [2.75, 3.05) is 6.54 Å². The van der Waals surface area contributed by atoms with Crippen molar-refractivity contribution in [2.24, 2.45) is 5.41 Å². The molecule has 1 aliphatic heterocycles. The lowest BCUT2D eigenvalue weighted by atomic mass is 9.70. The minimum atomic E-state index is -0.479. The highest BCUT2D eigenvalue weighted by molar-refractivity contribution is 6.31. The first-order valence-corrected chi connectivity index (χ1v) is 9.51. The number of aryl methyl sites for hydroxylation is 1. The maximum absolute atomic E-state index is 12.7. The first-order valence-electron chi connectivity index (χ1n) is 9.13. The average Bonchev–Trinajstić information content (AvgIpc) is 3.02. The van der Waals surface area contributed by atoms with Crippen LogP contribution in [0.25, 0.3) is 0 Å². The van der Waals surface area contributed by atoms with Crippen LogP contribution in [0, 0.1) is 5.41 Å². The van der Waals surface area contributed by atoms with E-state index >= 15 is 0 Å². The van der Waals surface area contributed by atoms with E-state index < -0.39 is 5.91 Å². The molecule has 0 saturated carbocycles. The predicted molar refractivity (Wildman–Crippen MR) is 102 cm³/mol. The second-order valence-electron chi connectivity index (χ2n) is 7.40. The lowest BCUT2D eigenvalue weighted by Gasteiger charge is -2.32. The molecule has 1 fully saturated rings. The van der Waals surface area contributed by atoms with Gasteiger partial charge in [0.15, 0.2) is 0 Å². The van der Waals surface area contributed by atoms with Crippen LogP contribution in [0.1, 0.15) is 39.9 Å². The molecule has 1 aliphatic carbocycles. The average molecular weight is 385 g/mol. The molecular formula is C21H21ClN2O3. The van der Waals surface area contributed by atoms with Gasteiger partial charge in [0, 0.05) is 17.1 Å². The number of fused-ring (bicyclic) bond motifs is 1.